The van der Waals surface area contributed by atoms with E-state index in [4.69, 9.17) is 5.73 Å². The Morgan fingerprint density at radius 2 is 2.12 bits per heavy atom. The smallest absolute Gasteiger partial charge is 0.0422 e. The fourth-order valence-corrected chi connectivity index (χ4v) is 4.53. The number of rotatable bonds is 3. The van der Waals surface area contributed by atoms with Crippen molar-refractivity contribution in [3.63, 3.8) is 0 Å². The Morgan fingerprint density at radius 3 is 2.65 bits per heavy atom. The normalized spacial score (nSPS) is 33.2. The van der Waals surface area contributed by atoms with E-state index in [9.17, 15) is 0 Å². The molecule has 0 aromatic rings. The van der Waals surface area contributed by atoms with Gasteiger partial charge in [-0.25, -0.2) is 0 Å². The van der Waals surface area contributed by atoms with Gasteiger partial charge < -0.3 is 10.6 Å². The lowest BCUT2D eigenvalue weighted by Gasteiger charge is -2.49. The topological polar surface area (TPSA) is 32.5 Å². The van der Waals surface area contributed by atoms with Gasteiger partial charge in [0.15, 0.2) is 0 Å². The number of thioether (sulfide) groups is 1. The third-order valence-electron chi connectivity index (χ3n) is 4.67. The lowest BCUT2D eigenvalue weighted by molar-refractivity contribution is 0.0500. The predicted molar refractivity (Wildman–Crippen MR) is 76.6 cm³/mol. The van der Waals surface area contributed by atoms with Gasteiger partial charge in [-0.2, -0.15) is 11.8 Å². The second kappa shape index (κ2) is 5.91. The van der Waals surface area contributed by atoms with E-state index in [1.54, 1.807) is 0 Å². The van der Waals surface area contributed by atoms with Gasteiger partial charge in [-0.3, -0.25) is 4.90 Å². The van der Waals surface area contributed by atoms with Gasteiger partial charge in [-0.05, 0) is 58.6 Å². The molecule has 3 nitrogen and oxygen atoms in total. The molecule has 0 saturated carbocycles. The second-order valence-corrected chi connectivity index (χ2v) is 6.84. The maximum absolute atomic E-state index is 6.11. The van der Waals surface area contributed by atoms with E-state index in [1.807, 2.05) is 0 Å². The van der Waals surface area contributed by atoms with E-state index < -0.39 is 0 Å². The van der Waals surface area contributed by atoms with Crippen molar-refractivity contribution in [2.75, 3.05) is 45.2 Å². The Morgan fingerprint density at radius 1 is 1.41 bits per heavy atom. The van der Waals surface area contributed by atoms with Crippen molar-refractivity contribution in [1.82, 2.24) is 9.80 Å². The van der Waals surface area contributed by atoms with Crippen LogP contribution in [0.5, 0.6) is 0 Å². The molecule has 0 aromatic heterocycles. The number of hydrogen-bond acceptors (Lipinski definition) is 4. The Hall–Kier alpha value is 0.230. The van der Waals surface area contributed by atoms with Crippen LogP contribution in [0.1, 0.15) is 25.7 Å². The van der Waals surface area contributed by atoms with Crippen LogP contribution < -0.4 is 5.73 Å². The standard InChI is InChI=1S/C13H27N3S/c1-15-7-4-12(5-8-15)16(2)13(10-14)6-3-9-17-11-13/h12H,3-11,14H2,1-2H3. The van der Waals surface area contributed by atoms with E-state index >= 15 is 0 Å². The number of likely N-dealkylation sites (tertiary alicyclic amines) is 1. The molecule has 2 heterocycles. The van der Waals surface area contributed by atoms with E-state index in [-0.39, 0.29) is 5.54 Å². The molecular weight excluding hydrogens is 230 g/mol. The maximum atomic E-state index is 6.11. The van der Waals surface area contributed by atoms with Crippen LogP contribution in [0, 0.1) is 0 Å². The fraction of sp³-hybridized carbons (Fsp3) is 1.00. The summed E-state index contributed by atoms with van der Waals surface area (Å²) in [5, 5.41) is 0. The van der Waals surface area contributed by atoms with Crippen molar-refractivity contribution < 1.29 is 0 Å². The van der Waals surface area contributed by atoms with Gasteiger partial charge in [0.2, 0.25) is 0 Å². The minimum atomic E-state index is 0.281. The Kier molecular flexibility index (Phi) is 4.75. The molecule has 2 rings (SSSR count). The highest BCUT2D eigenvalue weighted by atomic mass is 32.2. The highest BCUT2D eigenvalue weighted by molar-refractivity contribution is 7.99. The fourth-order valence-electron chi connectivity index (χ4n) is 3.19. The molecule has 0 radical (unpaired) electrons. The zero-order valence-corrected chi connectivity index (χ0v) is 12.1. The number of likely N-dealkylation sites (N-methyl/N-ethyl adjacent to an activating group) is 1. The van der Waals surface area contributed by atoms with Gasteiger partial charge in [-0.15, -0.1) is 0 Å². The molecule has 2 fully saturated rings. The van der Waals surface area contributed by atoms with Gasteiger partial charge in [0, 0.05) is 23.9 Å². The minimum absolute atomic E-state index is 0.281. The summed E-state index contributed by atoms with van der Waals surface area (Å²) in [5.41, 5.74) is 6.39. The largest absolute Gasteiger partial charge is 0.329 e. The summed E-state index contributed by atoms with van der Waals surface area (Å²) >= 11 is 2.09. The maximum Gasteiger partial charge on any atom is 0.0422 e. The average Bonchev–Trinajstić information content (AvgIpc) is 2.39. The van der Waals surface area contributed by atoms with Crippen LogP contribution in [0.15, 0.2) is 0 Å². The minimum Gasteiger partial charge on any atom is -0.329 e. The van der Waals surface area contributed by atoms with Gasteiger partial charge in [0.05, 0.1) is 0 Å². The third-order valence-corrected chi connectivity index (χ3v) is 5.98. The Balaban J connectivity index is 1.98. The van der Waals surface area contributed by atoms with E-state index in [2.05, 4.69) is 35.7 Å². The lowest BCUT2D eigenvalue weighted by atomic mass is 9.89. The summed E-state index contributed by atoms with van der Waals surface area (Å²) in [6.45, 7) is 3.30. The predicted octanol–water partition coefficient (Wildman–Crippen LogP) is 1.24. The molecule has 2 aliphatic heterocycles. The first kappa shape index (κ1) is 13.7. The molecule has 2 aliphatic rings. The summed E-state index contributed by atoms with van der Waals surface area (Å²) in [5.74, 6) is 2.55. The van der Waals surface area contributed by atoms with Crippen LogP contribution in [0.3, 0.4) is 0 Å². The van der Waals surface area contributed by atoms with Crippen molar-refractivity contribution in [3.8, 4) is 0 Å². The first-order chi connectivity index (χ1) is 8.18. The van der Waals surface area contributed by atoms with Crippen molar-refractivity contribution in [2.24, 2.45) is 5.73 Å². The zero-order chi connectivity index (χ0) is 12.3. The summed E-state index contributed by atoms with van der Waals surface area (Å²) in [6, 6.07) is 0.744. The number of piperidine rings is 1. The molecule has 0 amide bonds. The van der Waals surface area contributed by atoms with Crippen LogP contribution >= 0.6 is 11.8 Å². The molecule has 2 N–H and O–H groups in total. The van der Waals surface area contributed by atoms with Crippen LogP contribution in [-0.4, -0.2) is 66.6 Å². The third kappa shape index (κ3) is 2.98. The van der Waals surface area contributed by atoms with Gasteiger partial charge in [-0.1, -0.05) is 0 Å². The number of nitrogens with zero attached hydrogens (tertiary/aromatic N) is 2. The molecule has 4 heteroatoms. The molecule has 0 spiro atoms. The molecule has 1 unspecified atom stereocenters. The first-order valence-electron chi connectivity index (χ1n) is 6.87. The molecule has 1 atom stereocenters. The molecule has 17 heavy (non-hydrogen) atoms. The Labute approximate surface area is 110 Å². The second-order valence-electron chi connectivity index (χ2n) is 5.73. The number of nitrogens with two attached hydrogens (primary N) is 1. The zero-order valence-electron chi connectivity index (χ0n) is 11.3. The quantitative estimate of drug-likeness (QED) is 0.824. The van der Waals surface area contributed by atoms with Crippen molar-refractivity contribution in [3.05, 3.63) is 0 Å². The molecule has 0 aliphatic carbocycles. The first-order valence-corrected chi connectivity index (χ1v) is 8.03. The molecule has 2 saturated heterocycles. The molecule has 0 bridgehead atoms. The SMILES string of the molecule is CN1CCC(N(C)C2(CN)CCCSC2)CC1. The van der Waals surface area contributed by atoms with Gasteiger partial charge in [0.1, 0.15) is 0 Å². The summed E-state index contributed by atoms with van der Waals surface area (Å²) in [6.07, 6.45) is 5.23. The van der Waals surface area contributed by atoms with Crippen LogP contribution in [0.25, 0.3) is 0 Å². The van der Waals surface area contributed by atoms with E-state index in [0.717, 1.165) is 12.6 Å². The van der Waals surface area contributed by atoms with E-state index in [0.29, 0.717) is 0 Å². The van der Waals surface area contributed by atoms with Crippen molar-refractivity contribution in [1.29, 1.82) is 0 Å². The monoisotopic (exact) mass is 257 g/mol. The number of hydrogen-bond donors (Lipinski definition) is 1. The van der Waals surface area contributed by atoms with Crippen LogP contribution in [-0.2, 0) is 0 Å². The molecule has 100 valence electrons. The lowest BCUT2D eigenvalue weighted by Crippen LogP contribution is -2.60. The highest BCUT2D eigenvalue weighted by Gasteiger charge is 2.38. The van der Waals surface area contributed by atoms with Crippen molar-refractivity contribution >= 4 is 11.8 Å². The van der Waals surface area contributed by atoms with Gasteiger partial charge >= 0.3 is 0 Å². The Bertz CT molecular complexity index is 233. The summed E-state index contributed by atoms with van der Waals surface area (Å²) in [7, 11) is 4.54. The average molecular weight is 257 g/mol. The van der Waals surface area contributed by atoms with Crippen LogP contribution in [0.4, 0.5) is 0 Å². The highest BCUT2D eigenvalue weighted by Crippen LogP contribution is 2.33. The van der Waals surface area contributed by atoms with E-state index in [1.165, 1.54) is 50.3 Å². The molecular formula is C13H27N3S. The van der Waals surface area contributed by atoms with Gasteiger partial charge in [0.25, 0.3) is 0 Å². The van der Waals surface area contributed by atoms with Crippen LogP contribution in [0.2, 0.25) is 0 Å². The van der Waals surface area contributed by atoms with Crippen molar-refractivity contribution in [2.45, 2.75) is 37.3 Å². The summed E-state index contributed by atoms with van der Waals surface area (Å²) in [4.78, 5) is 5.07. The summed E-state index contributed by atoms with van der Waals surface area (Å²) < 4.78 is 0. The molecule has 0 aromatic carbocycles.